The van der Waals surface area contributed by atoms with Crippen LogP contribution in [0.2, 0.25) is 0 Å². The van der Waals surface area contributed by atoms with Gasteiger partial charge < -0.3 is 14.6 Å². The van der Waals surface area contributed by atoms with Crippen molar-refractivity contribution in [3.63, 3.8) is 0 Å². The van der Waals surface area contributed by atoms with Gasteiger partial charge in [-0.3, -0.25) is 9.59 Å². The van der Waals surface area contributed by atoms with E-state index in [1.54, 1.807) is 6.20 Å². The van der Waals surface area contributed by atoms with E-state index < -0.39 is 0 Å². The smallest absolute Gasteiger partial charge is 0.224 e. The monoisotopic (exact) mass is 355 g/mol. The molecule has 2 heterocycles. The Bertz CT molecular complexity index is 746. The Balaban J connectivity index is 1.39. The predicted molar refractivity (Wildman–Crippen MR) is 98.4 cm³/mol. The van der Waals surface area contributed by atoms with Gasteiger partial charge in [0.2, 0.25) is 11.8 Å². The number of carbonyl (C=O) groups excluding carboxylic acids is 2. The Morgan fingerprint density at radius 2 is 1.88 bits per heavy atom. The molecule has 138 valence electrons. The van der Waals surface area contributed by atoms with Gasteiger partial charge in [-0.25, -0.2) is 4.98 Å². The number of aromatic nitrogens is 1. The van der Waals surface area contributed by atoms with Gasteiger partial charge in [-0.15, -0.1) is 0 Å². The summed E-state index contributed by atoms with van der Waals surface area (Å²) in [7, 11) is 0. The van der Waals surface area contributed by atoms with Crippen LogP contribution in [0.15, 0.2) is 34.9 Å². The molecule has 1 aromatic heterocycles. The van der Waals surface area contributed by atoms with Gasteiger partial charge in [0.05, 0.1) is 6.20 Å². The van der Waals surface area contributed by atoms with Crippen LogP contribution in [-0.4, -0.2) is 41.3 Å². The first-order valence-corrected chi connectivity index (χ1v) is 9.18. The fourth-order valence-electron chi connectivity index (χ4n) is 3.02. The second kappa shape index (κ2) is 8.65. The summed E-state index contributed by atoms with van der Waals surface area (Å²) < 4.78 is 5.72. The van der Waals surface area contributed by atoms with Gasteiger partial charge in [0, 0.05) is 44.5 Å². The maximum absolute atomic E-state index is 11.9. The van der Waals surface area contributed by atoms with Crippen molar-refractivity contribution in [1.82, 2.24) is 15.2 Å². The largest absolute Gasteiger partial charge is 0.441 e. The zero-order valence-corrected chi connectivity index (χ0v) is 15.2. The lowest BCUT2D eigenvalue weighted by molar-refractivity contribution is -0.130. The summed E-state index contributed by atoms with van der Waals surface area (Å²) >= 11 is 0. The average molecular weight is 355 g/mol. The minimum Gasteiger partial charge on any atom is -0.441 e. The van der Waals surface area contributed by atoms with Crippen LogP contribution in [0.1, 0.15) is 37.1 Å². The first-order chi connectivity index (χ1) is 12.6. The number of amides is 2. The zero-order chi connectivity index (χ0) is 18.4. The van der Waals surface area contributed by atoms with Crippen molar-refractivity contribution in [2.75, 3.05) is 19.6 Å². The number of aryl methyl sites for hydroxylation is 2. The molecule has 0 saturated carbocycles. The van der Waals surface area contributed by atoms with E-state index >= 15 is 0 Å². The lowest BCUT2D eigenvalue weighted by Crippen LogP contribution is -2.32. The summed E-state index contributed by atoms with van der Waals surface area (Å²) in [5.41, 5.74) is 2.16. The number of hydrogen-bond donors (Lipinski definition) is 1. The number of likely N-dealkylation sites (tertiary alicyclic amines) is 1. The summed E-state index contributed by atoms with van der Waals surface area (Å²) in [6, 6.07) is 8.02. The second-order valence-electron chi connectivity index (χ2n) is 6.67. The molecule has 0 atom stereocenters. The fourth-order valence-corrected chi connectivity index (χ4v) is 3.02. The first-order valence-electron chi connectivity index (χ1n) is 9.18. The maximum Gasteiger partial charge on any atom is 0.224 e. The van der Waals surface area contributed by atoms with E-state index in [9.17, 15) is 9.59 Å². The zero-order valence-electron chi connectivity index (χ0n) is 15.2. The lowest BCUT2D eigenvalue weighted by Gasteiger charge is -2.15. The SMILES string of the molecule is Cc1ccc(-c2cnc(CCC(=O)NCCC(=O)N3CCCC3)o2)cc1. The minimum atomic E-state index is -0.0886. The maximum atomic E-state index is 11.9. The van der Waals surface area contributed by atoms with Crippen LogP contribution in [0.4, 0.5) is 0 Å². The highest BCUT2D eigenvalue weighted by Gasteiger charge is 2.17. The second-order valence-corrected chi connectivity index (χ2v) is 6.67. The Morgan fingerprint density at radius 3 is 2.62 bits per heavy atom. The quantitative estimate of drug-likeness (QED) is 0.829. The third-order valence-corrected chi connectivity index (χ3v) is 4.58. The van der Waals surface area contributed by atoms with Crippen molar-refractivity contribution in [3.05, 3.63) is 41.9 Å². The number of hydrogen-bond acceptors (Lipinski definition) is 4. The summed E-state index contributed by atoms with van der Waals surface area (Å²) in [5, 5.41) is 2.80. The van der Waals surface area contributed by atoms with E-state index in [1.165, 1.54) is 5.56 Å². The molecule has 6 heteroatoms. The number of rotatable bonds is 7. The van der Waals surface area contributed by atoms with E-state index in [-0.39, 0.29) is 11.8 Å². The number of carbonyl (C=O) groups is 2. The van der Waals surface area contributed by atoms with Gasteiger partial charge in [-0.2, -0.15) is 0 Å². The van der Waals surface area contributed by atoms with E-state index in [4.69, 9.17) is 4.42 Å². The molecule has 1 N–H and O–H groups in total. The number of oxazole rings is 1. The molecule has 2 aromatic rings. The molecule has 0 unspecified atom stereocenters. The van der Waals surface area contributed by atoms with Crippen LogP contribution >= 0.6 is 0 Å². The summed E-state index contributed by atoms with van der Waals surface area (Å²) in [5.74, 6) is 1.29. The van der Waals surface area contributed by atoms with Crippen LogP contribution in [0.25, 0.3) is 11.3 Å². The molecule has 2 amide bonds. The third-order valence-electron chi connectivity index (χ3n) is 4.58. The molecule has 1 aliphatic rings. The molecule has 3 rings (SSSR count). The van der Waals surface area contributed by atoms with Gasteiger partial charge in [0.25, 0.3) is 0 Å². The number of nitrogens with zero attached hydrogens (tertiary/aromatic N) is 2. The van der Waals surface area contributed by atoms with E-state index in [0.29, 0.717) is 37.5 Å². The van der Waals surface area contributed by atoms with Gasteiger partial charge in [0.1, 0.15) is 0 Å². The molecule has 1 fully saturated rings. The molecule has 1 aliphatic heterocycles. The van der Waals surface area contributed by atoms with Crippen molar-refractivity contribution >= 4 is 11.8 Å². The van der Waals surface area contributed by atoms with Gasteiger partial charge >= 0.3 is 0 Å². The standard InChI is InChI=1S/C20H25N3O3/c1-15-4-6-16(7-5-15)17-14-22-19(26-17)9-8-18(24)21-11-10-20(25)23-12-2-3-13-23/h4-7,14H,2-3,8-13H2,1H3,(H,21,24). The van der Waals surface area contributed by atoms with E-state index in [2.05, 4.69) is 10.3 Å². The Morgan fingerprint density at radius 1 is 1.15 bits per heavy atom. The van der Waals surface area contributed by atoms with Crippen molar-refractivity contribution < 1.29 is 14.0 Å². The third kappa shape index (κ3) is 4.94. The van der Waals surface area contributed by atoms with Crippen molar-refractivity contribution in [2.24, 2.45) is 0 Å². The van der Waals surface area contributed by atoms with Crippen molar-refractivity contribution in [2.45, 2.75) is 39.0 Å². The lowest BCUT2D eigenvalue weighted by atomic mass is 10.1. The van der Waals surface area contributed by atoms with Gasteiger partial charge in [0.15, 0.2) is 11.7 Å². The summed E-state index contributed by atoms with van der Waals surface area (Å²) in [4.78, 5) is 29.9. The molecule has 26 heavy (non-hydrogen) atoms. The van der Waals surface area contributed by atoms with Crippen LogP contribution in [-0.2, 0) is 16.0 Å². The summed E-state index contributed by atoms with van der Waals surface area (Å²) in [6.45, 7) is 4.11. The molecular formula is C20H25N3O3. The first kappa shape index (κ1) is 18.2. The van der Waals surface area contributed by atoms with Crippen molar-refractivity contribution in [1.29, 1.82) is 0 Å². The molecule has 0 aliphatic carbocycles. The molecule has 0 bridgehead atoms. The van der Waals surface area contributed by atoms with Crippen LogP contribution in [0.3, 0.4) is 0 Å². The van der Waals surface area contributed by atoms with Crippen LogP contribution in [0.5, 0.6) is 0 Å². The Labute approximate surface area is 153 Å². The van der Waals surface area contributed by atoms with E-state index in [0.717, 1.165) is 31.5 Å². The highest BCUT2D eigenvalue weighted by atomic mass is 16.4. The molecule has 1 saturated heterocycles. The number of benzene rings is 1. The fraction of sp³-hybridized carbons (Fsp3) is 0.450. The van der Waals surface area contributed by atoms with E-state index in [1.807, 2.05) is 36.1 Å². The normalized spacial score (nSPS) is 13.8. The number of nitrogens with one attached hydrogen (secondary N) is 1. The average Bonchev–Trinajstić information content (AvgIpc) is 3.32. The molecule has 1 aromatic carbocycles. The Hall–Kier alpha value is -2.63. The van der Waals surface area contributed by atoms with Crippen molar-refractivity contribution in [3.8, 4) is 11.3 Å². The highest BCUT2D eigenvalue weighted by Crippen LogP contribution is 2.21. The molecule has 0 spiro atoms. The molecule has 6 nitrogen and oxygen atoms in total. The summed E-state index contributed by atoms with van der Waals surface area (Å²) in [6.07, 6.45) is 4.95. The molecular weight excluding hydrogens is 330 g/mol. The highest BCUT2D eigenvalue weighted by molar-refractivity contribution is 5.79. The Kier molecular flexibility index (Phi) is 6.04. The van der Waals surface area contributed by atoms with Gasteiger partial charge in [-0.05, 0) is 19.8 Å². The van der Waals surface area contributed by atoms with Crippen LogP contribution < -0.4 is 5.32 Å². The minimum absolute atomic E-state index is 0.0886. The van der Waals surface area contributed by atoms with Gasteiger partial charge in [-0.1, -0.05) is 29.8 Å². The van der Waals surface area contributed by atoms with Crippen LogP contribution in [0, 0.1) is 6.92 Å². The molecule has 0 radical (unpaired) electrons. The predicted octanol–water partition coefficient (Wildman–Crippen LogP) is 2.71. The topological polar surface area (TPSA) is 75.4 Å².